The minimum absolute atomic E-state index is 0.449. The molecule has 2 heteroatoms. The summed E-state index contributed by atoms with van der Waals surface area (Å²) in [5.41, 5.74) is 4.84. The van der Waals surface area contributed by atoms with E-state index in [4.69, 9.17) is 5.73 Å². The zero-order chi connectivity index (χ0) is 8.53. The first-order chi connectivity index (χ1) is 5.27. The number of amides is 1. The highest BCUT2D eigenvalue weighted by Crippen LogP contribution is 1.89. The fraction of sp³-hybridized carbons (Fsp3) is 0.444. The van der Waals surface area contributed by atoms with Crippen molar-refractivity contribution >= 4 is 5.91 Å². The van der Waals surface area contributed by atoms with Crippen LogP contribution in [0.25, 0.3) is 0 Å². The Morgan fingerprint density at radius 3 is 2.91 bits per heavy atom. The van der Waals surface area contributed by atoms with Gasteiger partial charge in [0, 0.05) is 12.5 Å². The fourth-order valence-corrected chi connectivity index (χ4v) is 0.520. The van der Waals surface area contributed by atoms with Gasteiger partial charge in [0.1, 0.15) is 0 Å². The lowest BCUT2D eigenvalue weighted by atomic mass is 10.2. The normalized spacial score (nSPS) is 9.18. The Kier molecular flexibility index (Phi) is 6.11. The van der Waals surface area contributed by atoms with E-state index in [1.165, 1.54) is 12.2 Å². The van der Waals surface area contributed by atoms with Crippen LogP contribution in [0, 0.1) is 11.8 Å². The van der Waals surface area contributed by atoms with E-state index >= 15 is 0 Å². The van der Waals surface area contributed by atoms with Gasteiger partial charge in [0.05, 0.1) is 0 Å². The highest BCUT2D eigenvalue weighted by Gasteiger charge is 1.77. The second-order valence-electron chi connectivity index (χ2n) is 2.16. The van der Waals surface area contributed by atoms with Crippen molar-refractivity contribution < 1.29 is 4.79 Å². The second kappa shape index (κ2) is 6.88. The molecule has 0 aromatic heterocycles. The summed E-state index contributed by atoms with van der Waals surface area (Å²) in [5, 5.41) is 0. The van der Waals surface area contributed by atoms with Crippen LogP contribution in [-0.4, -0.2) is 5.91 Å². The minimum Gasteiger partial charge on any atom is -0.366 e. The first kappa shape index (κ1) is 9.77. The molecule has 0 unspecified atom stereocenters. The molecular formula is C9H13NO. The second-order valence-corrected chi connectivity index (χ2v) is 2.16. The summed E-state index contributed by atoms with van der Waals surface area (Å²) in [7, 11) is 0. The third-order valence-electron chi connectivity index (χ3n) is 1.09. The Morgan fingerprint density at radius 1 is 1.64 bits per heavy atom. The standard InChI is InChI=1S/C9H13NO/c1-2-3-4-5-6-7-8-9(10)11/h7-8H,2-4H2,1H3,(H2,10,11)/b8-7-. The Bertz CT molecular complexity index is 195. The van der Waals surface area contributed by atoms with Crippen molar-refractivity contribution in [3.05, 3.63) is 12.2 Å². The van der Waals surface area contributed by atoms with Gasteiger partial charge in [-0.15, -0.1) is 0 Å². The van der Waals surface area contributed by atoms with Crippen LogP contribution >= 0.6 is 0 Å². The van der Waals surface area contributed by atoms with Crippen LogP contribution in [0.3, 0.4) is 0 Å². The summed E-state index contributed by atoms with van der Waals surface area (Å²) in [6.07, 6.45) is 5.89. The quantitative estimate of drug-likeness (QED) is 0.368. The van der Waals surface area contributed by atoms with Gasteiger partial charge in [-0.25, -0.2) is 0 Å². The van der Waals surface area contributed by atoms with Crippen LogP contribution in [0.1, 0.15) is 26.2 Å². The van der Waals surface area contributed by atoms with Gasteiger partial charge >= 0.3 is 0 Å². The topological polar surface area (TPSA) is 43.1 Å². The number of carbonyl (C=O) groups excluding carboxylic acids is 1. The molecule has 0 aromatic carbocycles. The summed E-state index contributed by atoms with van der Waals surface area (Å²) in [6, 6.07) is 0. The molecule has 0 saturated carbocycles. The molecular weight excluding hydrogens is 138 g/mol. The summed E-state index contributed by atoms with van der Waals surface area (Å²) in [4.78, 5) is 10.2. The average Bonchev–Trinajstić information content (AvgIpc) is 1.96. The molecule has 1 amide bonds. The minimum atomic E-state index is -0.449. The fourth-order valence-electron chi connectivity index (χ4n) is 0.520. The Labute approximate surface area is 67.5 Å². The predicted molar refractivity (Wildman–Crippen MR) is 45.6 cm³/mol. The molecule has 60 valence electrons. The van der Waals surface area contributed by atoms with E-state index in [1.807, 2.05) is 0 Å². The summed E-state index contributed by atoms with van der Waals surface area (Å²) in [5.74, 6) is 5.17. The van der Waals surface area contributed by atoms with Gasteiger partial charge in [0.15, 0.2) is 0 Å². The van der Waals surface area contributed by atoms with E-state index in [1.54, 1.807) is 0 Å². The molecule has 0 aromatic rings. The third kappa shape index (κ3) is 8.77. The molecule has 0 aliphatic carbocycles. The van der Waals surface area contributed by atoms with E-state index < -0.39 is 5.91 Å². The lowest BCUT2D eigenvalue weighted by Gasteiger charge is -1.81. The maximum atomic E-state index is 10.2. The number of allylic oxidation sites excluding steroid dienone is 1. The molecule has 2 nitrogen and oxygen atoms in total. The van der Waals surface area contributed by atoms with Crippen molar-refractivity contribution in [2.24, 2.45) is 5.73 Å². The Hall–Kier alpha value is -1.23. The van der Waals surface area contributed by atoms with Crippen molar-refractivity contribution in [3.8, 4) is 11.8 Å². The Morgan fingerprint density at radius 2 is 2.36 bits per heavy atom. The molecule has 2 N–H and O–H groups in total. The molecule has 0 rings (SSSR count). The Balaban J connectivity index is 3.47. The van der Waals surface area contributed by atoms with E-state index in [9.17, 15) is 4.79 Å². The zero-order valence-corrected chi connectivity index (χ0v) is 6.76. The smallest absolute Gasteiger partial charge is 0.242 e. The van der Waals surface area contributed by atoms with E-state index in [-0.39, 0.29) is 0 Å². The largest absolute Gasteiger partial charge is 0.366 e. The molecule has 11 heavy (non-hydrogen) atoms. The van der Waals surface area contributed by atoms with Gasteiger partial charge in [-0.1, -0.05) is 25.2 Å². The van der Waals surface area contributed by atoms with Gasteiger partial charge in [0.25, 0.3) is 0 Å². The first-order valence-electron chi connectivity index (χ1n) is 3.71. The SMILES string of the molecule is CCCCC#C/C=C\C(N)=O. The summed E-state index contributed by atoms with van der Waals surface area (Å²) in [6.45, 7) is 2.11. The van der Waals surface area contributed by atoms with Crippen molar-refractivity contribution in [3.63, 3.8) is 0 Å². The molecule has 0 aliphatic heterocycles. The van der Waals surface area contributed by atoms with Crippen LogP contribution in [0.5, 0.6) is 0 Å². The summed E-state index contributed by atoms with van der Waals surface area (Å²) >= 11 is 0. The van der Waals surface area contributed by atoms with Crippen molar-refractivity contribution in [1.82, 2.24) is 0 Å². The van der Waals surface area contributed by atoms with Gasteiger partial charge in [-0.3, -0.25) is 4.79 Å². The monoisotopic (exact) mass is 151 g/mol. The summed E-state index contributed by atoms with van der Waals surface area (Å²) < 4.78 is 0. The predicted octanol–water partition coefficient (Wildman–Crippen LogP) is 1.22. The van der Waals surface area contributed by atoms with Crippen LogP contribution in [-0.2, 0) is 4.79 Å². The molecule has 0 radical (unpaired) electrons. The van der Waals surface area contributed by atoms with Crippen LogP contribution in [0.2, 0.25) is 0 Å². The van der Waals surface area contributed by atoms with Gasteiger partial charge in [-0.05, 0) is 12.5 Å². The van der Waals surface area contributed by atoms with Crippen molar-refractivity contribution in [1.29, 1.82) is 0 Å². The van der Waals surface area contributed by atoms with E-state index in [2.05, 4.69) is 18.8 Å². The third-order valence-corrected chi connectivity index (χ3v) is 1.09. The number of nitrogens with two attached hydrogens (primary N) is 1. The lowest BCUT2D eigenvalue weighted by molar-refractivity contribution is -0.113. The van der Waals surface area contributed by atoms with Gasteiger partial charge in [-0.2, -0.15) is 0 Å². The molecule has 0 bridgehead atoms. The molecule has 0 atom stereocenters. The number of unbranched alkanes of at least 4 members (excludes halogenated alkanes) is 2. The van der Waals surface area contributed by atoms with E-state index in [0.717, 1.165) is 19.3 Å². The number of rotatable bonds is 3. The molecule has 0 aliphatic rings. The lowest BCUT2D eigenvalue weighted by Crippen LogP contribution is -2.04. The van der Waals surface area contributed by atoms with Crippen LogP contribution in [0.4, 0.5) is 0 Å². The van der Waals surface area contributed by atoms with Crippen LogP contribution in [0.15, 0.2) is 12.2 Å². The van der Waals surface area contributed by atoms with Crippen LogP contribution < -0.4 is 5.73 Å². The first-order valence-corrected chi connectivity index (χ1v) is 3.71. The average molecular weight is 151 g/mol. The number of primary amides is 1. The zero-order valence-electron chi connectivity index (χ0n) is 6.76. The van der Waals surface area contributed by atoms with Crippen molar-refractivity contribution in [2.75, 3.05) is 0 Å². The van der Waals surface area contributed by atoms with Gasteiger partial charge in [0.2, 0.25) is 5.91 Å². The molecule has 0 spiro atoms. The number of hydrogen-bond donors (Lipinski definition) is 1. The maximum absolute atomic E-state index is 10.2. The van der Waals surface area contributed by atoms with Gasteiger partial charge < -0.3 is 5.73 Å². The molecule has 0 saturated heterocycles. The van der Waals surface area contributed by atoms with Crippen molar-refractivity contribution in [2.45, 2.75) is 26.2 Å². The maximum Gasteiger partial charge on any atom is 0.242 e. The molecule has 0 fully saturated rings. The highest BCUT2D eigenvalue weighted by atomic mass is 16.1. The molecule has 0 heterocycles. The number of hydrogen-bond acceptors (Lipinski definition) is 1. The number of carbonyl (C=O) groups is 1. The highest BCUT2D eigenvalue weighted by molar-refractivity contribution is 5.86. The van der Waals surface area contributed by atoms with E-state index in [0.29, 0.717) is 0 Å².